The first-order valence-corrected chi connectivity index (χ1v) is 11.4. The molecule has 1 fully saturated rings. The van der Waals surface area contributed by atoms with Gasteiger partial charge in [0.2, 0.25) is 0 Å². The van der Waals surface area contributed by atoms with Crippen LogP contribution < -0.4 is 5.32 Å². The molecular weight excluding hydrogens is 462 g/mol. The van der Waals surface area contributed by atoms with E-state index in [-0.39, 0.29) is 17.8 Å². The lowest BCUT2D eigenvalue weighted by atomic mass is 10.2. The fourth-order valence-corrected chi connectivity index (χ4v) is 4.42. The number of amides is 1. The summed E-state index contributed by atoms with van der Waals surface area (Å²) in [6.45, 7) is 1.13. The van der Waals surface area contributed by atoms with E-state index in [0.29, 0.717) is 46.0 Å². The SMILES string of the molecule is O=C(Nc1cc(Cl)ccc1Cl)c1c(CSc2ccc(F)cc2)nnn1CC1CCCO1. The number of nitrogens with one attached hydrogen (secondary N) is 1. The van der Waals surface area contributed by atoms with Crippen molar-refractivity contribution in [3.05, 3.63) is 69.7 Å². The molecule has 3 aromatic rings. The highest BCUT2D eigenvalue weighted by Gasteiger charge is 2.25. The van der Waals surface area contributed by atoms with Crippen molar-refractivity contribution in [2.24, 2.45) is 0 Å². The predicted molar refractivity (Wildman–Crippen MR) is 119 cm³/mol. The fraction of sp³-hybridized carbons (Fsp3) is 0.286. The Bertz CT molecular complexity index is 1070. The molecule has 1 atom stereocenters. The summed E-state index contributed by atoms with van der Waals surface area (Å²) in [4.78, 5) is 14.1. The van der Waals surface area contributed by atoms with Gasteiger partial charge in [-0.3, -0.25) is 4.79 Å². The Balaban J connectivity index is 1.58. The summed E-state index contributed by atoms with van der Waals surface area (Å²) in [5.74, 6) is -0.296. The van der Waals surface area contributed by atoms with Gasteiger partial charge in [0.15, 0.2) is 5.69 Å². The van der Waals surface area contributed by atoms with Crippen LogP contribution in [-0.4, -0.2) is 33.6 Å². The molecular formula is C21H19Cl2FN4O2S. The van der Waals surface area contributed by atoms with E-state index in [0.717, 1.165) is 17.7 Å². The van der Waals surface area contributed by atoms with Crippen LogP contribution in [0.5, 0.6) is 0 Å². The third-order valence-electron chi connectivity index (χ3n) is 4.79. The minimum absolute atomic E-state index is 0.0133. The first-order chi connectivity index (χ1) is 15.0. The van der Waals surface area contributed by atoms with Crippen LogP contribution >= 0.6 is 35.0 Å². The largest absolute Gasteiger partial charge is 0.376 e. The lowest BCUT2D eigenvalue weighted by molar-refractivity contribution is 0.0899. The highest BCUT2D eigenvalue weighted by Crippen LogP contribution is 2.28. The van der Waals surface area contributed by atoms with Crippen LogP contribution in [0, 0.1) is 5.82 Å². The molecule has 1 aliphatic rings. The van der Waals surface area contributed by atoms with Gasteiger partial charge in [0.1, 0.15) is 11.5 Å². The Morgan fingerprint density at radius 2 is 2.06 bits per heavy atom. The van der Waals surface area contributed by atoms with E-state index in [9.17, 15) is 9.18 Å². The maximum atomic E-state index is 13.2. The molecule has 0 spiro atoms. The number of anilines is 1. The average Bonchev–Trinajstić information content (AvgIpc) is 3.40. The number of ether oxygens (including phenoxy) is 1. The lowest BCUT2D eigenvalue weighted by Gasteiger charge is -2.13. The number of thioether (sulfide) groups is 1. The minimum Gasteiger partial charge on any atom is -0.376 e. The second kappa shape index (κ2) is 9.99. The molecule has 2 heterocycles. The van der Waals surface area contributed by atoms with Crippen molar-refractivity contribution >= 4 is 46.6 Å². The van der Waals surface area contributed by atoms with Crippen LogP contribution in [0.2, 0.25) is 10.0 Å². The second-order valence-corrected chi connectivity index (χ2v) is 8.92. The zero-order valence-corrected chi connectivity index (χ0v) is 18.7. The third kappa shape index (κ3) is 5.57. The van der Waals surface area contributed by atoms with Crippen molar-refractivity contribution in [1.82, 2.24) is 15.0 Å². The standard InChI is InChI=1S/C21H19Cl2FN4O2S/c22-13-3-8-17(23)18(10-13)25-21(29)20-19(12-31-16-6-4-14(24)5-7-16)26-27-28(20)11-15-2-1-9-30-15/h3-8,10,15H,1-2,9,11-12H2,(H,25,29). The van der Waals surface area contributed by atoms with E-state index >= 15 is 0 Å². The first kappa shape index (κ1) is 22.1. The number of carbonyl (C=O) groups excluding carboxylic acids is 1. The monoisotopic (exact) mass is 480 g/mol. The summed E-state index contributed by atoms with van der Waals surface area (Å²) >= 11 is 13.7. The summed E-state index contributed by atoms with van der Waals surface area (Å²) in [5, 5.41) is 12.1. The number of rotatable bonds is 7. The molecule has 6 nitrogen and oxygen atoms in total. The molecule has 0 saturated carbocycles. The summed E-state index contributed by atoms with van der Waals surface area (Å²) < 4.78 is 20.4. The molecule has 0 bridgehead atoms. The van der Waals surface area contributed by atoms with Crippen molar-refractivity contribution in [2.75, 3.05) is 11.9 Å². The molecule has 162 valence electrons. The molecule has 31 heavy (non-hydrogen) atoms. The van der Waals surface area contributed by atoms with Crippen LogP contribution in [-0.2, 0) is 17.0 Å². The topological polar surface area (TPSA) is 69.0 Å². The first-order valence-electron chi connectivity index (χ1n) is 9.68. The molecule has 1 saturated heterocycles. The zero-order valence-electron chi connectivity index (χ0n) is 16.4. The molecule has 1 unspecified atom stereocenters. The Labute approximate surface area is 193 Å². The molecule has 0 radical (unpaired) electrons. The number of halogens is 3. The number of nitrogens with zero attached hydrogens (tertiary/aromatic N) is 3. The van der Waals surface area contributed by atoms with Gasteiger partial charge in [-0.1, -0.05) is 28.4 Å². The van der Waals surface area contributed by atoms with Gasteiger partial charge in [-0.25, -0.2) is 9.07 Å². The number of hydrogen-bond acceptors (Lipinski definition) is 5. The van der Waals surface area contributed by atoms with Crippen molar-refractivity contribution < 1.29 is 13.9 Å². The molecule has 1 N–H and O–H groups in total. The van der Waals surface area contributed by atoms with Crippen molar-refractivity contribution in [3.63, 3.8) is 0 Å². The van der Waals surface area contributed by atoms with E-state index in [2.05, 4.69) is 15.6 Å². The summed E-state index contributed by atoms with van der Waals surface area (Å²) in [5.41, 5.74) is 1.25. The molecule has 2 aromatic carbocycles. The van der Waals surface area contributed by atoms with Crippen LogP contribution in [0.15, 0.2) is 47.4 Å². The third-order valence-corrected chi connectivity index (χ3v) is 6.37. The minimum atomic E-state index is -0.387. The Morgan fingerprint density at radius 1 is 1.26 bits per heavy atom. The van der Waals surface area contributed by atoms with Crippen molar-refractivity contribution in [1.29, 1.82) is 0 Å². The fourth-order valence-electron chi connectivity index (χ4n) is 3.26. The van der Waals surface area contributed by atoms with Gasteiger partial charge in [0.05, 0.1) is 23.4 Å². The summed E-state index contributed by atoms with van der Waals surface area (Å²) in [7, 11) is 0. The van der Waals surface area contributed by atoms with Gasteiger partial charge in [0, 0.05) is 22.3 Å². The molecule has 1 aliphatic heterocycles. The van der Waals surface area contributed by atoms with Crippen molar-refractivity contribution in [2.45, 2.75) is 36.1 Å². The lowest BCUT2D eigenvalue weighted by Crippen LogP contribution is -2.24. The van der Waals surface area contributed by atoms with E-state index in [1.807, 2.05) is 0 Å². The summed E-state index contributed by atoms with van der Waals surface area (Å²) in [6.07, 6.45) is 1.87. The van der Waals surface area contributed by atoms with E-state index in [1.54, 1.807) is 35.0 Å². The Hall–Kier alpha value is -2.13. The summed E-state index contributed by atoms with van der Waals surface area (Å²) in [6, 6.07) is 11.0. The van der Waals surface area contributed by atoms with Gasteiger partial charge in [-0.2, -0.15) is 0 Å². The van der Waals surface area contributed by atoms with Crippen molar-refractivity contribution in [3.8, 4) is 0 Å². The van der Waals surface area contributed by atoms with E-state index in [4.69, 9.17) is 27.9 Å². The quantitative estimate of drug-likeness (QED) is 0.455. The number of carbonyl (C=O) groups is 1. The highest BCUT2D eigenvalue weighted by molar-refractivity contribution is 7.98. The number of hydrogen-bond donors (Lipinski definition) is 1. The number of aromatic nitrogens is 3. The van der Waals surface area contributed by atoms with Gasteiger partial charge in [-0.15, -0.1) is 16.9 Å². The van der Waals surface area contributed by atoms with Gasteiger partial charge in [-0.05, 0) is 55.3 Å². The van der Waals surface area contributed by atoms with Crippen LogP contribution in [0.25, 0.3) is 0 Å². The molecule has 0 aliphatic carbocycles. The van der Waals surface area contributed by atoms with E-state index in [1.165, 1.54) is 23.9 Å². The predicted octanol–water partition coefficient (Wildman–Crippen LogP) is 5.45. The molecule has 4 rings (SSSR count). The van der Waals surface area contributed by atoms with Gasteiger partial charge in [0.25, 0.3) is 5.91 Å². The second-order valence-electron chi connectivity index (χ2n) is 7.02. The molecule has 1 amide bonds. The maximum absolute atomic E-state index is 13.2. The smallest absolute Gasteiger partial charge is 0.275 e. The molecule has 10 heteroatoms. The van der Waals surface area contributed by atoms with Crippen LogP contribution in [0.4, 0.5) is 10.1 Å². The Morgan fingerprint density at radius 3 is 2.81 bits per heavy atom. The van der Waals surface area contributed by atoms with Gasteiger partial charge < -0.3 is 10.1 Å². The van der Waals surface area contributed by atoms with E-state index < -0.39 is 0 Å². The average molecular weight is 481 g/mol. The van der Waals surface area contributed by atoms with Crippen LogP contribution in [0.3, 0.4) is 0 Å². The highest BCUT2D eigenvalue weighted by atomic mass is 35.5. The van der Waals surface area contributed by atoms with Gasteiger partial charge >= 0.3 is 0 Å². The van der Waals surface area contributed by atoms with Crippen LogP contribution in [0.1, 0.15) is 29.0 Å². The maximum Gasteiger partial charge on any atom is 0.275 e. The molecule has 1 aromatic heterocycles. The number of benzene rings is 2. The zero-order chi connectivity index (χ0) is 21.8. The normalized spacial score (nSPS) is 15.9. The Kier molecular flexibility index (Phi) is 7.12.